The van der Waals surface area contributed by atoms with Gasteiger partial charge in [-0.05, 0) is 109 Å². The Kier molecular flexibility index (Phi) is 47.0. The minimum atomic E-state index is -0.809. The molecule has 0 saturated heterocycles. The van der Waals surface area contributed by atoms with E-state index in [0.717, 1.165) is 109 Å². The molecule has 0 amide bonds. The number of hydrogen-bond acceptors (Lipinski definition) is 6. The summed E-state index contributed by atoms with van der Waals surface area (Å²) in [6, 6.07) is 0. The SMILES string of the molecule is CC/C=C\C/C=C\C/C=C\C/C=C\C/C=C\CCCC(=O)OCC(COC(=O)CCCCCC/C=C\CCCC)OC(=O)CCCCCCCCC/C=C\C/C=C\CCCCC. The molecule has 62 heavy (non-hydrogen) atoms. The van der Waals surface area contributed by atoms with Crippen molar-refractivity contribution < 1.29 is 28.6 Å². The lowest BCUT2D eigenvalue weighted by Gasteiger charge is -2.18. The molecule has 1 unspecified atom stereocenters. The number of hydrogen-bond donors (Lipinski definition) is 0. The molecule has 0 bridgehead atoms. The maximum atomic E-state index is 12.8. The largest absolute Gasteiger partial charge is 0.462 e. The van der Waals surface area contributed by atoms with Gasteiger partial charge in [0.05, 0.1) is 0 Å². The Morgan fingerprint density at radius 2 is 0.661 bits per heavy atom. The summed E-state index contributed by atoms with van der Waals surface area (Å²) in [4.78, 5) is 37.9. The number of esters is 3. The van der Waals surface area contributed by atoms with Crippen LogP contribution in [0, 0.1) is 0 Å². The fourth-order valence-electron chi connectivity index (χ4n) is 6.49. The molecule has 0 aromatic rings. The second-order valence-corrected chi connectivity index (χ2v) is 16.3. The molecule has 0 rings (SSSR count). The van der Waals surface area contributed by atoms with Crippen LogP contribution in [0.1, 0.15) is 220 Å². The van der Waals surface area contributed by atoms with E-state index in [4.69, 9.17) is 14.2 Å². The van der Waals surface area contributed by atoms with E-state index in [1.807, 2.05) is 0 Å². The molecule has 0 aliphatic heterocycles. The van der Waals surface area contributed by atoms with E-state index in [2.05, 4.69) is 118 Å². The molecule has 0 aliphatic rings. The Hall–Kier alpha value is -3.67. The number of unbranched alkanes of at least 4 members (excludes halogenated alkanes) is 17. The Morgan fingerprint density at radius 3 is 1.11 bits per heavy atom. The van der Waals surface area contributed by atoms with E-state index in [1.165, 1.54) is 64.2 Å². The van der Waals surface area contributed by atoms with Crippen molar-refractivity contribution in [3.8, 4) is 0 Å². The van der Waals surface area contributed by atoms with E-state index in [-0.39, 0.29) is 37.5 Å². The first-order valence-electron chi connectivity index (χ1n) is 25.2. The molecular weight excluding hydrogens is 769 g/mol. The van der Waals surface area contributed by atoms with Gasteiger partial charge < -0.3 is 14.2 Å². The van der Waals surface area contributed by atoms with Crippen molar-refractivity contribution in [2.75, 3.05) is 13.2 Å². The quantitative estimate of drug-likeness (QED) is 0.0263. The predicted octanol–water partition coefficient (Wildman–Crippen LogP) is 16.6. The van der Waals surface area contributed by atoms with Crippen LogP contribution in [0.15, 0.2) is 97.2 Å². The van der Waals surface area contributed by atoms with Gasteiger partial charge in [0, 0.05) is 19.3 Å². The molecule has 0 aliphatic carbocycles. The van der Waals surface area contributed by atoms with Crippen LogP contribution in [0.5, 0.6) is 0 Å². The van der Waals surface area contributed by atoms with Crippen LogP contribution in [-0.2, 0) is 28.6 Å². The number of ether oxygens (including phenoxy) is 3. The van der Waals surface area contributed by atoms with Crippen molar-refractivity contribution in [3.63, 3.8) is 0 Å². The molecule has 0 aromatic carbocycles. The minimum absolute atomic E-state index is 0.106. The maximum Gasteiger partial charge on any atom is 0.306 e. The average Bonchev–Trinajstić information content (AvgIpc) is 3.27. The van der Waals surface area contributed by atoms with Crippen molar-refractivity contribution in [1.82, 2.24) is 0 Å². The van der Waals surface area contributed by atoms with Gasteiger partial charge in [-0.25, -0.2) is 0 Å². The molecule has 0 N–H and O–H groups in total. The van der Waals surface area contributed by atoms with Crippen LogP contribution in [-0.4, -0.2) is 37.2 Å². The summed E-state index contributed by atoms with van der Waals surface area (Å²) in [6.07, 6.45) is 65.4. The van der Waals surface area contributed by atoms with Gasteiger partial charge >= 0.3 is 17.9 Å². The highest BCUT2D eigenvalue weighted by molar-refractivity contribution is 5.71. The van der Waals surface area contributed by atoms with Crippen LogP contribution in [0.3, 0.4) is 0 Å². The maximum absolute atomic E-state index is 12.8. The third kappa shape index (κ3) is 47.4. The van der Waals surface area contributed by atoms with Crippen molar-refractivity contribution in [1.29, 1.82) is 0 Å². The molecule has 6 nitrogen and oxygen atoms in total. The summed E-state index contributed by atoms with van der Waals surface area (Å²) >= 11 is 0. The molecule has 0 radical (unpaired) electrons. The lowest BCUT2D eigenvalue weighted by Crippen LogP contribution is -2.30. The summed E-state index contributed by atoms with van der Waals surface area (Å²) in [5.41, 5.74) is 0. The zero-order valence-corrected chi connectivity index (χ0v) is 40.1. The Balaban J connectivity index is 4.48. The lowest BCUT2D eigenvalue weighted by atomic mass is 10.1. The van der Waals surface area contributed by atoms with Gasteiger partial charge in [0.25, 0.3) is 0 Å². The fraction of sp³-hybridized carbons (Fsp3) is 0.661. The first kappa shape index (κ1) is 58.3. The number of carbonyl (C=O) groups excluding carboxylic acids is 3. The van der Waals surface area contributed by atoms with Crippen molar-refractivity contribution in [3.05, 3.63) is 97.2 Å². The van der Waals surface area contributed by atoms with Crippen LogP contribution in [0.25, 0.3) is 0 Å². The second-order valence-electron chi connectivity index (χ2n) is 16.3. The van der Waals surface area contributed by atoms with Crippen molar-refractivity contribution in [2.45, 2.75) is 226 Å². The molecule has 0 fully saturated rings. The molecule has 0 spiro atoms. The molecule has 1 atom stereocenters. The lowest BCUT2D eigenvalue weighted by molar-refractivity contribution is -0.167. The van der Waals surface area contributed by atoms with Gasteiger partial charge in [-0.15, -0.1) is 0 Å². The highest BCUT2D eigenvalue weighted by Crippen LogP contribution is 2.13. The van der Waals surface area contributed by atoms with Gasteiger partial charge in [-0.2, -0.15) is 0 Å². The zero-order chi connectivity index (χ0) is 45.1. The normalized spacial score (nSPS) is 12.9. The Bertz CT molecular complexity index is 1260. The predicted molar refractivity (Wildman–Crippen MR) is 265 cm³/mol. The Morgan fingerprint density at radius 1 is 0.339 bits per heavy atom. The summed E-state index contributed by atoms with van der Waals surface area (Å²) in [5, 5.41) is 0. The summed E-state index contributed by atoms with van der Waals surface area (Å²) in [5.74, 6) is -0.992. The zero-order valence-electron chi connectivity index (χ0n) is 40.1. The minimum Gasteiger partial charge on any atom is -0.462 e. The average molecular weight is 861 g/mol. The monoisotopic (exact) mass is 861 g/mol. The van der Waals surface area contributed by atoms with Gasteiger partial charge in [0.2, 0.25) is 0 Å². The highest BCUT2D eigenvalue weighted by atomic mass is 16.6. The third-order valence-corrected chi connectivity index (χ3v) is 10.3. The molecule has 0 saturated carbocycles. The first-order valence-corrected chi connectivity index (χ1v) is 25.2. The molecule has 6 heteroatoms. The highest BCUT2D eigenvalue weighted by Gasteiger charge is 2.19. The van der Waals surface area contributed by atoms with Crippen molar-refractivity contribution >= 4 is 17.9 Å². The van der Waals surface area contributed by atoms with E-state index in [0.29, 0.717) is 19.3 Å². The number of allylic oxidation sites excluding steroid dienone is 16. The fourth-order valence-corrected chi connectivity index (χ4v) is 6.49. The van der Waals surface area contributed by atoms with E-state index in [9.17, 15) is 14.4 Å². The first-order chi connectivity index (χ1) is 30.5. The van der Waals surface area contributed by atoms with E-state index >= 15 is 0 Å². The molecule has 0 aromatic heterocycles. The van der Waals surface area contributed by atoms with Gasteiger partial charge in [0.1, 0.15) is 13.2 Å². The van der Waals surface area contributed by atoms with E-state index in [1.54, 1.807) is 0 Å². The molecular formula is C56H92O6. The molecule has 0 heterocycles. The van der Waals surface area contributed by atoms with Crippen LogP contribution in [0.2, 0.25) is 0 Å². The third-order valence-electron chi connectivity index (χ3n) is 10.3. The summed E-state index contributed by atoms with van der Waals surface area (Å²) in [6.45, 7) is 6.37. The van der Waals surface area contributed by atoms with Crippen LogP contribution < -0.4 is 0 Å². The van der Waals surface area contributed by atoms with Crippen LogP contribution >= 0.6 is 0 Å². The Labute approximate surface area is 381 Å². The molecule has 352 valence electrons. The smallest absolute Gasteiger partial charge is 0.306 e. The van der Waals surface area contributed by atoms with Crippen LogP contribution in [0.4, 0.5) is 0 Å². The van der Waals surface area contributed by atoms with Gasteiger partial charge in [-0.1, -0.05) is 189 Å². The van der Waals surface area contributed by atoms with Crippen molar-refractivity contribution in [2.24, 2.45) is 0 Å². The number of carbonyl (C=O) groups is 3. The number of rotatable bonds is 44. The second kappa shape index (κ2) is 50.0. The van der Waals surface area contributed by atoms with Gasteiger partial charge in [0.15, 0.2) is 6.10 Å². The van der Waals surface area contributed by atoms with Gasteiger partial charge in [-0.3, -0.25) is 14.4 Å². The van der Waals surface area contributed by atoms with E-state index < -0.39 is 6.10 Å². The standard InChI is InChI=1S/C56H92O6/c1-4-7-10-13-16-19-22-24-26-28-30-32-34-37-40-43-46-49-55(58)61-52-53(51-60-54(57)48-45-42-39-36-21-18-15-12-9-6-3)62-56(59)50-47-44-41-38-35-33-31-29-27-25-23-20-17-14-11-8-5-2/h7,10,15-20,24-27,30,32,37,40,53H,4-6,8-9,11-14,21-23,28-29,31,33-36,38-39,41-52H2,1-3H3/b10-7-,18-15-,19-16-,20-17-,26-24-,27-25-,32-30-,40-37-. The topological polar surface area (TPSA) is 78.9 Å². The summed E-state index contributed by atoms with van der Waals surface area (Å²) in [7, 11) is 0. The summed E-state index contributed by atoms with van der Waals surface area (Å²) < 4.78 is 16.7.